The van der Waals surface area contributed by atoms with E-state index in [9.17, 15) is 19.5 Å². The molecule has 0 spiro atoms. The van der Waals surface area contributed by atoms with E-state index in [4.69, 9.17) is 5.11 Å². The van der Waals surface area contributed by atoms with Crippen LogP contribution in [0.4, 0.5) is 0 Å². The molecule has 0 bridgehead atoms. The minimum Gasteiger partial charge on any atom is -0.481 e. The summed E-state index contributed by atoms with van der Waals surface area (Å²) in [6, 6.07) is -0.740. The second-order valence-corrected chi connectivity index (χ2v) is 8.80. The van der Waals surface area contributed by atoms with Crippen molar-refractivity contribution in [3.05, 3.63) is 0 Å². The van der Waals surface area contributed by atoms with E-state index >= 15 is 0 Å². The molecule has 0 aliphatic rings. The van der Waals surface area contributed by atoms with Crippen LogP contribution in [-0.4, -0.2) is 34.1 Å². The summed E-state index contributed by atoms with van der Waals surface area (Å²) < 4.78 is 0. The molecule has 6 nitrogen and oxygen atoms in total. The molecule has 1 unspecified atom stereocenters. The van der Waals surface area contributed by atoms with Crippen LogP contribution in [0.2, 0.25) is 0 Å². The highest BCUT2D eigenvalue weighted by atomic mass is 16.4. The number of unbranched alkanes of at least 4 members (excludes halogenated alkanes) is 15. The minimum atomic E-state index is -0.930. The van der Waals surface area contributed by atoms with Gasteiger partial charge in [0.05, 0.1) is 0 Å². The van der Waals surface area contributed by atoms with Crippen LogP contribution in [-0.2, 0) is 14.4 Å². The van der Waals surface area contributed by atoms with E-state index in [2.05, 4.69) is 12.2 Å². The Labute approximate surface area is 189 Å². The average molecular weight is 442 g/mol. The summed E-state index contributed by atoms with van der Waals surface area (Å²) >= 11 is 0. The van der Waals surface area contributed by atoms with Gasteiger partial charge in [-0.2, -0.15) is 0 Å². The van der Waals surface area contributed by atoms with Crippen LogP contribution in [0.15, 0.2) is 0 Å². The fourth-order valence-electron chi connectivity index (χ4n) is 3.81. The van der Waals surface area contributed by atoms with Crippen molar-refractivity contribution in [3.63, 3.8) is 0 Å². The number of hydrogen-bond donors (Lipinski definition) is 3. The van der Waals surface area contributed by atoms with Gasteiger partial charge in [-0.15, -0.1) is 0 Å². The molecule has 0 aromatic carbocycles. The van der Waals surface area contributed by atoms with Crippen molar-refractivity contribution in [2.24, 2.45) is 0 Å². The van der Waals surface area contributed by atoms with E-state index < -0.39 is 18.0 Å². The Bertz CT molecular complexity index is 467. The summed E-state index contributed by atoms with van der Waals surface area (Å²) in [7, 11) is 0. The second kappa shape index (κ2) is 21.6. The molecule has 0 rings (SSSR count). The van der Waals surface area contributed by atoms with Gasteiger partial charge in [-0.25, -0.2) is 4.79 Å². The van der Waals surface area contributed by atoms with Crippen LogP contribution >= 0.6 is 0 Å². The predicted molar refractivity (Wildman–Crippen MR) is 125 cm³/mol. The number of carbonyl (C=O) groups is 3. The monoisotopic (exact) mass is 441 g/mol. The molecule has 0 aromatic rings. The van der Waals surface area contributed by atoms with Crippen LogP contribution in [0.3, 0.4) is 0 Å². The van der Waals surface area contributed by atoms with Crippen LogP contribution in [0.25, 0.3) is 0 Å². The number of hydrogen-bond acceptors (Lipinski definition) is 3. The van der Waals surface area contributed by atoms with Crippen molar-refractivity contribution in [2.75, 3.05) is 0 Å². The maximum atomic E-state index is 12.0. The lowest BCUT2D eigenvalue weighted by Crippen LogP contribution is -2.40. The van der Waals surface area contributed by atoms with Gasteiger partial charge in [0.1, 0.15) is 6.04 Å². The van der Waals surface area contributed by atoms with Crippen molar-refractivity contribution >= 4 is 17.8 Å². The molecule has 182 valence electrons. The van der Waals surface area contributed by atoms with E-state index in [0.29, 0.717) is 19.3 Å². The van der Waals surface area contributed by atoms with E-state index in [0.717, 1.165) is 57.8 Å². The highest BCUT2D eigenvalue weighted by Gasteiger charge is 2.18. The topological polar surface area (TPSA) is 104 Å². The van der Waals surface area contributed by atoms with Crippen LogP contribution in [0.5, 0.6) is 0 Å². The summed E-state index contributed by atoms with van der Waals surface area (Å²) in [6.45, 7) is 2.08. The van der Waals surface area contributed by atoms with Gasteiger partial charge >= 0.3 is 11.9 Å². The number of carboxylic acid groups (broad SMARTS) is 2. The first-order valence-corrected chi connectivity index (χ1v) is 12.7. The maximum Gasteiger partial charge on any atom is 0.326 e. The molecule has 0 saturated heterocycles. The smallest absolute Gasteiger partial charge is 0.326 e. The van der Waals surface area contributed by atoms with Crippen molar-refractivity contribution < 1.29 is 24.6 Å². The molecule has 3 N–H and O–H groups in total. The van der Waals surface area contributed by atoms with Gasteiger partial charge in [-0.1, -0.05) is 103 Å². The summed E-state index contributed by atoms with van der Waals surface area (Å²) in [4.78, 5) is 33.6. The largest absolute Gasteiger partial charge is 0.481 e. The van der Waals surface area contributed by atoms with Crippen LogP contribution < -0.4 is 5.32 Å². The molecular formula is C25H47NO5. The van der Waals surface area contributed by atoms with Gasteiger partial charge in [-0.05, 0) is 19.3 Å². The SMILES string of the molecule is CCCCCC(NC(=O)CCCCCCCCCCCCCCCCC(=O)O)C(=O)O. The molecule has 31 heavy (non-hydrogen) atoms. The van der Waals surface area contributed by atoms with Gasteiger partial charge < -0.3 is 15.5 Å². The standard InChI is InChI=1S/C25H47NO5/c1-2-3-16-19-22(25(30)31)26-23(27)20-17-14-12-10-8-6-4-5-7-9-11-13-15-18-21-24(28)29/h22H,2-21H2,1H3,(H,26,27)(H,28,29)(H,30,31). The van der Waals surface area contributed by atoms with E-state index in [1.165, 1.54) is 51.4 Å². The Balaban J connectivity index is 3.40. The molecule has 0 heterocycles. The fraction of sp³-hybridized carbons (Fsp3) is 0.880. The molecule has 0 radical (unpaired) electrons. The normalized spacial score (nSPS) is 11.9. The van der Waals surface area contributed by atoms with Crippen molar-refractivity contribution in [2.45, 2.75) is 141 Å². The van der Waals surface area contributed by atoms with E-state index in [-0.39, 0.29) is 5.91 Å². The number of nitrogens with one attached hydrogen (secondary N) is 1. The van der Waals surface area contributed by atoms with Gasteiger partial charge in [0.25, 0.3) is 0 Å². The highest BCUT2D eigenvalue weighted by molar-refractivity contribution is 5.83. The van der Waals surface area contributed by atoms with Crippen LogP contribution in [0.1, 0.15) is 135 Å². The quantitative estimate of drug-likeness (QED) is 0.158. The molecule has 1 atom stereocenters. The zero-order chi connectivity index (χ0) is 23.2. The number of carboxylic acids is 2. The Morgan fingerprint density at radius 3 is 1.42 bits per heavy atom. The molecule has 1 amide bonds. The van der Waals surface area contributed by atoms with Crippen molar-refractivity contribution in [1.29, 1.82) is 0 Å². The van der Waals surface area contributed by atoms with Gasteiger partial charge in [0, 0.05) is 12.8 Å². The maximum absolute atomic E-state index is 12.0. The number of carbonyl (C=O) groups excluding carboxylic acids is 1. The third kappa shape index (κ3) is 21.4. The van der Waals surface area contributed by atoms with Crippen molar-refractivity contribution in [1.82, 2.24) is 5.32 Å². The first kappa shape index (κ1) is 29.4. The third-order valence-corrected chi connectivity index (χ3v) is 5.77. The molecule has 0 aliphatic heterocycles. The Morgan fingerprint density at radius 1 is 0.613 bits per heavy atom. The molecule has 0 saturated carbocycles. The van der Waals surface area contributed by atoms with Gasteiger partial charge in [0.15, 0.2) is 0 Å². The Hall–Kier alpha value is -1.59. The summed E-state index contributed by atoms with van der Waals surface area (Å²) in [6.07, 6.45) is 20.2. The summed E-state index contributed by atoms with van der Waals surface area (Å²) in [5.74, 6) is -1.75. The Morgan fingerprint density at radius 2 is 1.03 bits per heavy atom. The third-order valence-electron chi connectivity index (χ3n) is 5.77. The average Bonchev–Trinajstić information content (AvgIpc) is 2.72. The van der Waals surface area contributed by atoms with E-state index in [1.807, 2.05) is 0 Å². The highest BCUT2D eigenvalue weighted by Crippen LogP contribution is 2.14. The number of aliphatic carboxylic acids is 2. The molecule has 0 aromatic heterocycles. The first-order chi connectivity index (χ1) is 15.0. The zero-order valence-electron chi connectivity index (χ0n) is 19.8. The van der Waals surface area contributed by atoms with Gasteiger partial charge in [-0.3, -0.25) is 9.59 Å². The summed E-state index contributed by atoms with van der Waals surface area (Å²) in [5.41, 5.74) is 0. The lowest BCUT2D eigenvalue weighted by Gasteiger charge is -2.14. The zero-order valence-corrected chi connectivity index (χ0v) is 19.8. The summed E-state index contributed by atoms with van der Waals surface area (Å²) in [5, 5.41) is 20.5. The predicted octanol–water partition coefficient (Wildman–Crippen LogP) is 6.46. The Kier molecular flexibility index (Phi) is 20.5. The number of rotatable bonds is 23. The lowest BCUT2D eigenvalue weighted by atomic mass is 10.0. The van der Waals surface area contributed by atoms with Crippen molar-refractivity contribution in [3.8, 4) is 0 Å². The van der Waals surface area contributed by atoms with E-state index in [1.54, 1.807) is 0 Å². The molecule has 0 aliphatic carbocycles. The van der Waals surface area contributed by atoms with Gasteiger partial charge in [0.2, 0.25) is 5.91 Å². The minimum absolute atomic E-state index is 0.134. The number of amides is 1. The van der Waals surface area contributed by atoms with Crippen LogP contribution in [0, 0.1) is 0 Å². The first-order valence-electron chi connectivity index (χ1n) is 12.7. The molecular weight excluding hydrogens is 394 g/mol. The lowest BCUT2D eigenvalue weighted by molar-refractivity contribution is -0.142. The molecule has 6 heteroatoms. The fourth-order valence-corrected chi connectivity index (χ4v) is 3.81. The molecule has 0 fully saturated rings. The second-order valence-electron chi connectivity index (χ2n) is 8.80.